The molecule has 0 radical (unpaired) electrons. The first-order chi connectivity index (χ1) is 17.4. The second-order valence-corrected chi connectivity index (χ2v) is 8.75. The smallest absolute Gasteiger partial charge is 0.257 e. The summed E-state index contributed by atoms with van der Waals surface area (Å²) in [6.07, 6.45) is 3.93. The Hall–Kier alpha value is -3.63. The lowest BCUT2D eigenvalue weighted by atomic mass is 10.1. The summed E-state index contributed by atoms with van der Waals surface area (Å²) in [5, 5.41) is 7.23. The Kier molecular flexibility index (Phi) is 8.07. The van der Waals surface area contributed by atoms with Crippen molar-refractivity contribution in [2.45, 2.75) is 32.9 Å². The molecule has 1 N–H and O–H groups in total. The minimum Gasteiger partial charge on any atom is -0.488 e. The number of anilines is 1. The van der Waals surface area contributed by atoms with Crippen LogP contribution in [0.3, 0.4) is 0 Å². The number of aryl methyl sites for hydroxylation is 1. The van der Waals surface area contributed by atoms with Gasteiger partial charge in [0.25, 0.3) is 11.8 Å². The molecule has 1 aromatic carbocycles. The summed E-state index contributed by atoms with van der Waals surface area (Å²) >= 11 is 6.38. The maximum Gasteiger partial charge on any atom is 0.257 e. The Bertz CT molecular complexity index is 1240. The minimum atomic E-state index is -0.388. The van der Waals surface area contributed by atoms with Crippen molar-refractivity contribution in [3.05, 3.63) is 58.9 Å². The monoisotopic (exact) mass is 513 g/mol. The fourth-order valence-corrected chi connectivity index (χ4v) is 3.76. The van der Waals surface area contributed by atoms with Crippen LogP contribution in [-0.4, -0.2) is 64.4 Å². The molecule has 3 aromatic rings. The number of halogens is 1. The number of carbonyl (C=O) groups excluding carboxylic acids is 2. The number of aromatic nitrogens is 3. The second-order valence-electron chi connectivity index (χ2n) is 8.35. The molecule has 1 aliphatic heterocycles. The van der Waals surface area contributed by atoms with Crippen molar-refractivity contribution in [1.82, 2.24) is 19.7 Å². The molecule has 1 saturated heterocycles. The van der Waals surface area contributed by atoms with E-state index in [1.54, 1.807) is 47.2 Å². The predicted molar refractivity (Wildman–Crippen MR) is 134 cm³/mol. The van der Waals surface area contributed by atoms with Gasteiger partial charge in [0.1, 0.15) is 22.6 Å². The minimum absolute atomic E-state index is 0.104. The Morgan fingerprint density at radius 1 is 1.17 bits per heavy atom. The molecular weight excluding hydrogens is 486 g/mol. The Morgan fingerprint density at radius 2 is 1.94 bits per heavy atom. The largest absolute Gasteiger partial charge is 0.488 e. The van der Waals surface area contributed by atoms with Gasteiger partial charge in [-0.25, -0.2) is 4.98 Å². The second kappa shape index (κ2) is 11.4. The first-order valence-electron chi connectivity index (χ1n) is 11.6. The van der Waals surface area contributed by atoms with Crippen molar-refractivity contribution in [1.29, 1.82) is 0 Å². The van der Waals surface area contributed by atoms with E-state index >= 15 is 0 Å². The average molecular weight is 514 g/mol. The molecular formula is C25H28ClN5O5. The summed E-state index contributed by atoms with van der Waals surface area (Å²) in [6.45, 7) is 6.31. The SMILES string of the molecule is CCn1ccc(NC(=O)c2cc(Oc3ncc(C(=O)N4CCC4)cc3Cl)cc(OC(C)COC)c2)n1. The summed E-state index contributed by atoms with van der Waals surface area (Å²) in [5.41, 5.74) is 0.683. The van der Waals surface area contributed by atoms with Gasteiger partial charge in [0, 0.05) is 56.8 Å². The van der Waals surface area contributed by atoms with Gasteiger partial charge < -0.3 is 24.4 Å². The van der Waals surface area contributed by atoms with Crippen LogP contribution in [0.25, 0.3) is 0 Å². The molecule has 0 saturated carbocycles. The van der Waals surface area contributed by atoms with Gasteiger partial charge in [0.2, 0.25) is 5.88 Å². The number of rotatable bonds is 10. The highest BCUT2D eigenvalue weighted by molar-refractivity contribution is 6.32. The van der Waals surface area contributed by atoms with E-state index in [2.05, 4.69) is 15.4 Å². The van der Waals surface area contributed by atoms with Gasteiger partial charge in [-0.3, -0.25) is 14.3 Å². The summed E-state index contributed by atoms with van der Waals surface area (Å²) < 4.78 is 18.7. The highest BCUT2D eigenvalue weighted by atomic mass is 35.5. The van der Waals surface area contributed by atoms with Crippen molar-refractivity contribution < 1.29 is 23.8 Å². The third kappa shape index (κ3) is 6.13. The number of nitrogens with one attached hydrogen (secondary N) is 1. The molecule has 1 fully saturated rings. The van der Waals surface area contributed by atoms with Crippen LogP contribution in [0.5, 0.6) is 17.4 Å². The molecule has 0 aliphatic carbocycles. The molecule has 11 heteroatoms. The number of nitrogens with zero attached hydrogens (tertiary/aromatic N) is 4. The first-order valence-corrected chi connectivity index (χ1v) is 12.0. The zero-order valence-electron chi connectivity index (χ0n) is 20.4. The van der Waals surface area contributed by atoms with Crippen molar-refractivity contribution in [3.8, 4) is 17.4 Å². The number of hydrogen-bond donors (Lipinski definition) is 1. The van der Waals surface area contributed by atoms with Gasteiger partial charge in [0.15, 0.2) is 5.82 Å². The van der Waals surface area contributed by atoms with Crippen LogP contribution in [0.1, 0.15) is 41.0 Å². The number of pyridine rings is 1. The van der Waals surface area contributed by atoms with Gasteiger partial charge in [0.05, 0.1) is 12.2 Å². The molecule has 10 nitrogen and oxygen atoms in total. The van der Waals surface area contributed by atoms with E-state index in [1.165, 1.54) is 12.3 Å². The fraction of sp³-hybridized carbons (Fsp3) is 0.360. The highest BCUT2D eigenvalue weighted by Crippen LogP contribution is 2.32. The number of carbonyl (C=O) groups is 2. The van der Waals surface area contributed by atoms with E-state index in [9.17, 15) is 9.59 Å². The van der Waals surface area contributed by atoms with E-state index in [4.69, 9.17) is 25.8 Å². The van der Waals surface area contributed by atoms with E-state index in [1.807, 2.05) is 13.8 Å². The van der Waals surface area contributed by atoms with Crippen molar-refractivity contribution in [3.63, 3.8) is 0 Å². The number of benzene rings is 1. The first kappa shape index (κ1) is 25.5. The summed E-state index contributed by atoms with van der Waals surface area (Å²) in [7, 11) is 1.58. The Morgan fingerprint density at radius 3 is 2.58 bits per heavy atom. The molecule has 2 amide bonds. The number of amides is 2. The van der Waals surface area contributed by atoms with Gasteiger partial charge in [-0.05, 0) is 38.5 Å². The van der Waals surface area contributed by atoms with Crippen LogP contribution in [-0.2, 0) is 11.3 Å². The van der Waals surface area contributed by atoms with Crippen LogP contribution in [0.15, 0.2) is 42.7 Å². The molecule has 1 atom stereocenters. The molecule has 2 aromatic heterocycles. The Balaban J connectivity index is 1.57. The van der Waals surface area contributed by atoms with Crippen LogP contribution in [0, 0.1) is 0 Å². The van der Waals surface area contributed by atoms with Crippen molar-refractivity contribution >= 4 is 29.2 Å². The van der Waals surface area contributed by atoms with Gasteiger partial charge in [-0.1, -0.05) is 11.6 Å². The molecule has 1 unspecified atom stereocenters. The maximum absolute atomic E-state index is 13.0. The van der Waals surface area contributed by atoms with Gasteiger partial charge in [-0.15, -0.1) is 0 Å². The van der Waals surface area contributed by atoms with Gasteiger partial charge >= 0.3 is 0 Å². The molecule has 3 heterocycles. The fourth-order valence-electron chi connectivity index (χ4n) is 3.55. The maximum atomic E-state index is 13.0. The molecule has 1 aliphatic rings. The quantitative estimate of drug-likeness (QED) is 0.431. The third-order valence-corrected chi connectivity index (χ3v) is 5.77. The van der Waals surface area contributed by atoms with Crippen LogP contribution in [0.2, 0.25) is 5.02 Å². The molecule has 4 rings (SSSR count). The Labute approximate surface area is 214 Å². The number of ether oxygens (including phenoxy) is 3. The van der Waals surface area contributed by atoms with Crippen LogP contribution in [0.4, 0.5) is 5.82 Å². The summed E-state index contributed by atoms with van der Waals surface area (Å²) in [4.78, 5) is 31.4. The molecule has 190 valence electrons. The standard InChI is InChI=1S/C25H28ClN5O5/c1-4-31-9-6-22(29-31)28-23(32)17-10-19(35-16(2)15-34-3)13-20(11-17)36-24-21(26)12-18(14-27-24)25(33)30-7-5-8-30/h6,9-14,16H,4-5,7-8,15H2,1-3H3,(H,28,29,32). The zero-order valence-corrected chi connectivity index (χ0v) is 21.1. The lowest BCUT2D eigenvalue weighted by Gasteiger charge is -2.30. The zero-order chi connectivity index (χ0) is 25.7. The van der Waals surface area contributed by atoms with E-state index < -0.39 is 0 Å². The van der Waals surface area contributed by atoms with Gasteiger partial charge in [-0.2, -0.15) is 5.10 Å². The van der Waals surface area contributed by atoms with E-state index in [0.29, 0.717) is 35.8 Å². The molecule has 0 spiro atoms. The number of hydrogen-bond acceptors (Lipinski definition) is 7. The normalized spacial score (nSPS) is 13.6. The lowest BCUT2D eigenvalue weighted by Crippen LogP contribution is -2.42. The van der Waals surface area contributed by atoms with Crippen LogP contribution >= 0.6 is 11.6 Å². The van der Waals surface area contributed by atoms with E-state index in [-0.39, 0.29) is 34.6 Å². The average Bonchev–Trinajstić information content (AvgIpc) is 3.26. The van der Waals surface area contributed by atoms with Crippen molar-refractivity contribution in [2.75, 3.05) is 32.1 Å². The predicted octanol–water partition coefficient (Wildman–Crippen LogP) is 4.26. The summed E-state index contributed by atoms with van der Waals surface area (Å²) in [6, 6.07) is 8.04. The third-order valence-electron chi connectivity index (χ3n) is 5.50. The molecule has 0 bridgehead atoms. The topological polar surface area (TPSA) is 108 Å². The van der Waals surface area contributed by atoms with Crippen molar-refractivity contribution in [2.24, 2.45) is 0 Å². The lowest BCUT2D eigenvalue weighted by molar-refractivity contribution is 0.0651. The van der Waals surface area contributed by atoms with Crippen LogP contribution < -0.4 is 14.8 Å². The number of likely N-dealkylation sites (tertiary alicyclic amines) is 1. The molecule has 36 heavy (non-hydrogen) atoms. The summed E-state index contributed by atoms with van der Waals surface area (Å²) in [5.74, 6) is 0.719. The highest BCUT2D eigenvalue weighted by Gasteiger charge is 2.23. The number of methoxy groups -OCH3 is 1. The van der Waals surface area contributed by atoms with E-state index in [0.717, 1.165) is 19.5 Å².